The predicted molar refractivity (Wildman–Crippen MR) is 171 cm³/mol. The molecule has 4 aromatic rings. The van der Waals surface area contributed by atoms with Crippen molar-refractivity contribution in [3.05, 3.63) is 105 Å². The number of rotatable bonds is 10. The lowest BCUT2D eigenvalue weighted by Gasteiger charge is -2.29. The van der Waals surface area contributed by atoms with Crippen LogP contribution >= 0.6 is 23.4 Å². The lowest BCUT2D eigenvalue weighted by Crippen LogP contribution is -2.31. The molecule has 1 aliphatic rings. The largest absolute Gasteiger partial charge is 0.494 e. The van der Waals surface area contributed by atoms with E-state index in [1.807, 2.05) is 87.5 Å². The molecule has 42 heavy (non-hydrogen) atoms. The Labute approximate surface area is 256 Å². The molecule has 9 heteroatoms. The Morgan fingerprint density at radius 3 is 2.57 bits per heavy atom. The van der Waals surface area contributed by atoms with E-state index in [4.69, 9.17) is 26.4 Å². The average molecular weight is 602 g/mol. The molecule has 0 fully saturated rings. The van der Waals surface area contributed by atoms with Gasteiger partial charge >= 0.3 is 0 Å². The summed E-state index contributed by atoms with van der Waals surface area (Å²) in [6.07, 6.45) is 0.984. The van der Waals surface area contributed by atoms with E-state index in [0.717, 1.165) is 45.8 Å². The molecule has 0 radical (unpaired) electrons. The molecule has 3 aromatic carbocycles. The van der Waals surface area contributed by atoms with Crippen LogP contribution in [0.5, 0.6) is 5.75 Å². The van der Waals surface area contributed by atoms with E-state index in [9.17, 15) is 4.79 Å². The number of halogens is 1. The normalized spacial score (nSPS) is 14.5. The van der Waals surface area contributed by atoms with E-state index >= 15 is 0 Å². The van der Waals surface area contributed by atoms with Crippen LogP contribution in [0.25, 0.3) is 0 Å². The highest BCUT2D eigenvalue weighted by atomic mass is 35.5. The zero-order chi connectivity index (χ0) is 29.8. The number of thioether (sulfide) groups is 1. The summed E-state index contributed by atoms with van der Waals surface area (Å²) in [4.78, 5) is 18.7. The second-order valence-corrected chi connectivity index (χ2v) is 12.3. The van der Waals surface area contributed by atoms with Crippen molar-refractivity contribution in [2.45, 2.75) is 58.0 Å². The summed E-state index contributed by atoms with van der Waals surface area (Å²) < 4.78 is 7.76. The third kappa shape index (κ3) is 6.66. The van der Waals surface area contributed by atoms with Crippen LogP contribution in [0, 0.1) is 19.8 Å². The molecule has 2 heterocycles. The smallest absolute Gasteiger partial charge is 0.255 e. The number of fused-ring (bicyclic) bond motifs is 1. The van der Waals surface area contributed by atoms with Crippen molar-refractivity contribution < 1.29 is 9.53 Å². The van der Waals surface area contributed by atoms with Gasteiger partial charge < -0.3 is 15.4 Å². The molecule has 218 valence electrons. The molecule has 1 aliphatic heterocycles. The summed E-state index contributed by atoms with van der Waals surface area (Å²) in [6.45, 7) is 11.0. The Bertz CT molecular complexity index is 1610. The molecule has 2 N–H and O–H groups in total. The van der Waals surface area contributed by atoms with Gasteiger partial charge in [-0.3, -0.25) is 4.79 Å². The molecule has 1 aromatic heterocycles. The van der Waals surface area contributed by atoms with Gasteiger partial charge in [0, 0.05) is 22.2 Å². The van der Waals surface area contributed by atoms with Gasteiger partial charge in [-0.05, 0) is 79.6 Å². The SMILES string of the molecule is CC1=C(C(=O)Nc2cccc(C)c2C)C(c2ccc(OCCC(C)C)cc2)n2nc(SCc3ccccc3Cl)nc2N1. The fourth-order valence-electron chi connectivity index (χ4n) is 4.79. The first-order valence-corrected chi connectivity index (χ1v) is 15.5. The van der Waals surface area contributed by atoms with Crippen molar-refractivity contribution in [3.8, 4) is 5.75 Å². The average Bonchev–Trinajstić information content (AvgIpc) is 3.37. The monoisotopic (exact) mass is 601 g/mol. The van der Waals surface area contributed by atoms with Crippen molar-refractivity contribution in [2.24, 2.45) is 5.92 Å². The maximum absolute atomic E-state index is 13.9. The summed E-state index contributed by atoms with van der Waals surface area (Å²) in [5.74, 6) is 2.39. The lowest BCUT2D eigenvalue weighted by atomic mass is 9.94. The predicted octanol–water partition coefficient (Wildman–Crippen LogP) is 8.19. The second-order valence-electron chi connectivity index (χ2n) is 10.9. The van der Waals surface area contributed by atoms with Gasteiger partial charge in [-0.1, -0.05) is 79.7 Å². The number of anilines is 2. The number of aromatic nitrogens is 3. The van der Waals surface area contributed by atoms with Gasteiger partial charge in [0.1, 0.15) is 11.8 Å². The standard InChI is InChI=1S/C33H36ClN5O2S/c1-20(2)17-18-41-26-15-13-24(14-16-26)30-29(31(40)36-28-12-8-9-21(3)22(28)4)23(5)35-32-37-33(38-39(30)32)42-19-25-10-6-7-11-27(25)34/h6-16,20,30H,17-19H2,1-5H3,(H,36,40)(H,35,37,38). The number of hydrogen-bond acceptors (Lipinski definition) is 6. The van der Waals surface area contributed by atoms with E-state index in [-0.39, 0.29) is 5.91 Å². The van der Waals surface area contributed by atoms with E-state index < -0.39 is 6.04 Å². The minimum Gasteiger partial charge on any atom is -0.494 e. The molecule has 5 rings (SSSR count). The number of benzene rings is 3. The van der Waals surface area contributed by atoms with Crippen molar-refractivity contribution in [1.29, 1.82) is 0 Å². The van der Waals surface area contributed by atoms with E-state index in [2.05, 4.69) is 24.5 Å². The molecular weight excluding hydrogens is 566 g/mol. The first kappa shape index (κ1) is 29.7. The highest BCUT2D eigenvalue weighted by Gasteiger charge is 2.34. The number of ether oxygens (including phenoxy) is 1. The molecule has 7 nitrogen and oxygen atoms in total. The summed E-state index contributed by atoms with van der Waals surface area (Å²) in [5.41, 5.74) is 6.15. The second kappa shape index (κ2) is 13.0. The number of carbonyl (C=O) groups excluding carboxylic acids is 1. The highest BCUT2D eigenvalue weighted by molar-refractivity contribution is 7.98. The Balaban J connectivity index is 1.47. The number of allylic oxidation sites excluding steroid dienone is 1. The number of hydrogen-bond donors (Lipinski definition) is 2. The van der Waals surface area contributed by atoms with Crippen molar-refractivity contribution in [1.82, 2.24) is 14.8 Å². The minimum absolute atomic E-state index is 0.192. The van der Waals surface area contributed by atoms with E-state index in [0.29, 0.717) is 40.0 Å². The summed E-state index contributed by atoms with van der Waals surface area (Å²) >= 11 is 7.88. The lowest BCUT2D eigenvalue weighted by molar-refractivity contribution is -0.113. The maximum atomic E-state index is 13.9. The van der Waals surface area contributed by atoms with Crippen LogP contribution in [-0.4, -0.2) is 27.3 Å². The fraction of sp³-hybridized carbons (Fsp3) is 0.303. The quantitative estimate of drug-likeness (QED) is 0.178. The fourth-order valence-corrected chi connectivity index (χ4v) is 5.90. The van der Waals surface area contributed by atoms with Crippen LogP contribution in [0.1, 0.15) is 55.5 Å². The molecule has 0 aliphatic carbocycles. The van der Waals surface area contributed by atoms with E-state index in [1.165, 1.54) is 11.8 Å². The zero-order valence-corrected chi connectivity index (χ0v) is 26.1. The van der Waals surface area contributed by atoms with Crippen molar-refractivity contribution >= 4 is 40.9 Å². The minimum atomic E-state index is -0.488. The van der Waals surface area contributed by atoms with Gasteiger partial charge in [-0.25, -0.2) is 4.68 Å². The summed E-state index contributed by atoms with van der Waals surface area (Å²) in [7, 11) is 0. The van der Waals surface area contributed by atoms with Crippen LogP contribution in [0.15, 0.2) is 83.2 Å². The van der Waals surface area contributed by atoms with Gasteiger partial charge in [0.15, 0.2) is 0 Å². The Hall–Kier alpha value is -3.75. The van der Waals surface area contributed by atoms with Crippen LogP contribution in [0.2, 0.25) is 5.02 Å². The highest BCUT2D eigenvalue weighted by Crippen LogP contribution is 2.38. The van der Waals surface area contributed by atoms with Gasteiger partial charge in [-0.15, -0.1) is 5.10 Å². The maximum Gasteiger partial charge on any atom is 0.255 e. The van der Waals surface area contributed by atoms with Gasteiger partial charge in [0.25, 0.3) is 5.91 Å². The Kier molecular flexibility index (Phi) is 9.24. The third-order valence-electron chi connectivity index (χ3n) is 7.40. The van der Waals surface area contributed by atoms with Gasteiger partial charge in [-0.2, -0.15) is 4.98 Å². The Morgan fingerprint density at radius 2 is 1.83 bits per heavy atom. The van der Waals surface area contributed by atoms with Gasteiger partial charge in [0.05, 0.1) is 12.2 Å². The summed E-state index contributed by atoms with van der Waals surface area (Å²) in [5, 5.41) is 12.7. The van der Waals surface area contributed by atoms with Crippen LogP contribution in [-0.2, 0) is 10.5 Å². The number of amides is 1. The number of carbonyl (C=O) groups is 1. The van der Waals surface area contributed by atoms with Crippen LogP contribution in [0.4, 0.5) is 11.6 Å². The molecule has 1 unspecified atom stereocenters. The van der Waals surface area contributed by atoms with Crippen LogP contribution < -0.4 is 15.4 Å². The zero-order valence-electron chi connectivity index (χ0n) is 24.6. The Morgan fingerprint density at radius 1 is 1.07 bits per heavy atom. The van der Waals surface area contributed by atoms with Gasteiger partial charge in [0.2, 0.25) is 11.1 Å². The first-order chi connectivity index (χ1) is 20.2. The third-order valence-corrected chi connectivity index (χ3v) is 8.66. The number of nitrogens with zero attached hydrogens (tertiary/aromatic N) is 3. The van der Waals surface area contributed by atoms with Crippen molar-refractivity contribution in [3.63, 3.8) is 0 Å². The van der Waals surface area contributed by atoms with Crippen LogP contribution in [0.3, 0.4) is 0 Å². The molecule has 0 saturated carbocycles. The van der Waals surface area contributed by atoms with E-state index in [1.54, 1.807) is 4.68 Å². The molecule has 0 saturated heterocycles. The first-order valence-electron chi connectivity index (χ1n) is 14.1. The number of aryl methyl sites for hydroxylation is 1. The topological polar surface area (TPSA) is 81.1 Å². The molecule has 0 spiro atoms. The molecular formula is C33H36ClN5O2S. The van der Waals surface area contributed by atoms with Crippen molar-refractivity contribution in [2.75, 3.05) is 17.2 Å². The summed E-state index contributed by atoms with van der Waals surface area (Å²) in [6, 6.07) is 21.1. The molecule has 1 amide bonds. The number of nitrogens with one attached hydrogen (secondary N) is 2. The molecule has 0 bridgehead atoms. The molecule has 1 atom stereocenters.